The van der Waals surface area contributed by atoms with Gasteiger partial charge in [-0.2, -0.15) is 0 Å². The van der Waals surface area contributed by atoms with E-state index in [1.807, 2.05) is 13.8 Å². The Hall–Kier alpha value is -3.87. The number of nitrogens with one attached hydrogen (secondary N) is 1. The number of hydrogen-bond acceptors (Lipinski definition) is 7. The van der Waals surface area contributed by atoms with Crippen molar-refractivity contribution >= 4 is 56.4 Å². The Morgan fingerprint density at radius 2 is 1.67 bits per heavy atom. The summed E-state index contributed by atoms with van der Waals surface area (Å²) in [5.41, 5.74) is 0.448. The number of hydrogen-bond donors (Lipinski definition) is 1. The number of anilines is 1. The summed E-state index contributed by atoms with van der Waals surface area (Å²) in [7, 11) is -3.30. The second-order valence-electron chi connectivity index (χ2n) is 10.7. The van der Waals surface area contributed by atoms with Gasteiger partial charge in [0, 0.05) is 34.8 Å². The fraction of sp³-hybridized carbons (Fsp3) is 0.355. The molecule has 0 aliphatic heterocycles. The Bertz CT molecular complexity index is 1650. The van der Waals surface area contributed by atoms with E-state index in [-0.39, 0.29) is 40.9 Å². The highest BCUT2D eigenvalue weighted by Crippen LogP contribution is 2.36. The molecule has 0 bridgehead atoms. The van der Waals surface area contributed by atoms with Crippen LogP contribution in [-0.4, -0.2) is 56.3 Å². The molecule has 0 aromatic heterocycles. The van der Waals surface area contributed by atoms with E-state index >= 15 is 0 Å². The van der Waals surface area contributed by atoms with Gasteiger partial charge in [-0.25, -0.2) is 8.42 Å². The fourth-order valence-electron chi connectivity index (χ4n) is 4.57. The Labute approximate surface area is 273 Å². The molecule has 11 nitrogen and oxygen atoms in total. The molecule has 0 fully saturated rings. The lowest BCUT2D eigenvalue weighted by molar-refractivity contribution is -0.385. The smallest absolute Gasteiger partial charge is 0.273 e. The molecule has 0 aliphatic rings. The molecule has 1 N–H and O–H groups in total. The van der Waals surface area contributed by atoms with Crippen molar-refractivity contribution in [3.8, 4) is 5.75 Å². The first-order valence-corrected chi connectivity index (χ1v) is 16.3. The van der Waals surface area contributed by atoms with Crippen LogP contribution in [-0.2, 0) is 26.2 Å². The van der Waals surface area contributed by atoms with E-state index in [9.17, 15) is 28.1 Å². The van der Waals surface area contributed by atoms with Crippen LogP contribution >= 0.6 is 23.2 Å². The fourth-order valence-corrected chi connectivity index (χ4v) is 6.30. The normalized spacial score (nSPS) is 12.0. The number of nitro benzene ring substituents is 1. The standard InChI is InChI=1S/C31H36Cl2N4O7S/c1-6-26(31(39)34-17-20(2)3)35(18-22-8-10-23(32)11-9-22)30(38)19-36(28-15-24(33)12-14-29(28)44-5)45(42,43)25-13-7-21(4)27(16-25)37(40)41/h7-16,20,26H,6,17-19H2,1-5H3,(H,34,39)/t26-/m1/s1. The Kier molecular flexibility index (Phi) is 12.2. The van der Waals surface area contributed by atoms with E-state index in [2.05, 4.69) is 5.32 Å². The van der Waals surface area contributed by atoms with Crippen molar-refractivity contribution in [3.63, 3.8) is 0 Å². The molecule has 3 rings (SSSR count). The Morgan fingerprint density at radius 1 is 1.02 bits per heavy atom. The zero-order valence-electron chi connectivity index (χ0n) is 25.6. The van der Waals surface area contributed by atoms with Crippen LogP contribution in [0.1, 0.15) is 38.3 Å². The van der Waals surface area contributed by atoms with Crippen molar-refractivity contribution in [2.45, 2.75) is 51.6 Å². The minimum absolute atomic E-state index is 0.0276. The summed E-state index contributed by atoms with van der Waals surface area (Å²) in [5, 5.41) is 15.2. The number of aryl methyl sites for hydroxylation is 1. The summed E-state index contributed by atoms with van der Waals surface area (Å²) in [6.45, 7) is 6.69. The number of methoxy groups -OCH3 is 1. The monoisotopic (exact) mass is 678 g/mol. The number of nitrogens with zero attached hydrogens (tertiary/aromatic N) is 3. The van der Waals surface area contributed by atoms with Crippen LogP contribution in [0.3, 0.4) is 0 Å². The molecule has 0 radical (unpaired) electrons. The van der Waals surface area contributed by atoms with Gasteiger partial charge in [0.05, 0.1) is 22.6 Å². The summed E-state index contributed by atoms with van der Waals surface area (Å²) in [5.74, 6) is -0.856. The number of ether oxygens (including phenoxy) is 1. The quantitative estimate of drug-likeness (QED) is 0.163. The molecule has 45 heavy (non-hydrogen) atoms. The van der Waals surface area contributed by atoms with Crippen molar-refractivity contribution in [2.24, 2.45) is 5.92 Å². The number of carbonyl (C=O) groups is 2. The second-order valence-corrected chi connectivity index (χ2v) is 13.5. The van der Waals surface area contributed by atoms with Gasteiger partial charge in [0.1, 0.15) is 18.3 Å². The van der Waals surface area contributed by atoms with Crippen LogP contribution in [0.25, 0.3) is 0 Å². The average molecular weight is 680 g/mol. The van der Waals surface area contributed by atoms with Crippen molar-refractivity contribution in [3.05, 3.63) is 92.0 Å². The van der Waals surface area contributed by atoms with Crippen molar-refractivity contribution in [2.75, 3.05) is 24.5 Å². The topological polar surface area (TPSA) is 139 Å². The predicted molar refractivity (Wildman–Crippen MR) is 174 cm³/mol. The van der Waals surface area contributed by atoms with Crippen molar-refractivity contribution < 1.29 is 27.7 Å². The highest BCUT2D eigenvalue weighted by Gasteiger charge is 2.35. The molecule has 1 atom stereocenters. The van der Waals surface area contributed by atoms with Gasteiger partial charge < -0.3 is 15.0 Å². The number of carbonyl (C=O) groups excluding carboxylic acids is 2. The number of amides is 2. The first-order chi connectivity index (χ1) is 21.2. The summed E-state index contributed by atoms with van der Waals surface area (Å²) in [4.78, 5) is 39.5. The summed E-state index contributed by atoms with van der Waals surface area (Å²) in [6.07, 6.45) is 0.237. The number of sulfonamides is 1. The molecule has 242 valence electrons. The molecule has 0 saturated carbocycles. The highest BCUT2D eigenvalue weighted by atomic mass is 35.5. The largest absolute Gasteiger partial charge is 0.495 e. The maximum atomic E-state index is 14.3. The SMILES string of the molecule is CC[C@H](C(=O)NCC(C)C)N(Cc1ccc(Cl)cc1)C(=O)CN(c1cc(Cl)ccc1OC)S(=O)(=O)c1ccc(C)c([N+](=O)[O-])c1. The number of rotatable bonds is 14. The third kappa shape index (κ3) is 8.86. The van der Waals surface area contributed by atoms with Crippen LogP contribution in [0.2, 0.25) is 10.0 Å². The summed E-state index contributed by atoms with van der Waals surface area (Å²) >= 11 is 12.3. The van der Waals surface area contributed by atoms with E-state index in [0.29, 0.717) is 17.1 Å². The third-order valence-electron chi connectivity index (χ3n) is 6.99. The number of benzene rings is 3. The van der Waals surface area contributed by atoms with Gasteiger partial charge in [0.15, 0.2) is 0 Å². The minimum Gasteiger partial charge on any atom is -0.495 e. The molecule has 0 spiro atoms. The van der Waals surface area contributed by atoms with E-state index in [0.717, 1.165) is 10.4 Å². The number of nitro groups is 1. The predicted octanol–water partition coefficient (Wildman–Crippen LogP) is 5.99. The van der Waals surface area contributed by atoms with E-state index < -0.39 is 49.9 Å². The van der Waals surface area contributed by atoms with Crippen molar-refractivity contribution in [1.82, 2.24) is 10.2 Å². The molecule has 0 unspecified atom stereocenters. The van der Waals surface area contributed by atoms with Crippen LogP contribution in [0.5, 0.6) is 5.75 Å². The van der Waals surface area contributed by atoms with E-state index in [1.54, 1.807) is 31.2 Å². The van der Waals surface area contributed by atoms with Crippen LogP contribution in [0.4, 0.5) is 11.4 Å². The van der Waals surface area contributed by atoms with Gasteiger partial charge >= 0.3 is 0 Å². The Balaban J connectivity index is 2.17. The first-order valence-electron chi connectivity index (χ1n) is 14.1. The van der Waals surface area contributed by atoms with Crippen LogP contribution in [0.15, 0.2) is 65.6 Å². The molecule has 0 aliphatic carbocycles. The zero-order chi connectivity index (χ0) is 33.5. The lowest BCUT2D eigenvalue weighted by Gasteiger charge is -2.33. The first kappa shape index (κ1) is 35.6. The molecule has 0 saturated heterocycles. The Morgan fingerprint density at radius 3 is 2.24 bits per heavy atom. The molecule has 14 heteroatoms. The van der Waals surface area contributed by atoms with Gasteiger partial charge in [0.25, 0.3) is 15.7 Å². The maximum Gasteiger partial charge on any atom is 0.273 e. The molecule has 0 heterocycles. The average Bonchev–Trinajstić information content (AvgIpc) is 2.99. The van der Waals surface area contributed by atoms with Gasteiger partial charge in [-0.05, 0) is 61.2 Å². The zero-order valence-corrected chi connectivity index (χ0v) is 27.9. The summed E-state index contributed by atoms with van der Waals surface area (Å²) in [6, 6.07) is 13.5. The lowest BCUT2D eigenvalue weighted by Crippen LogP contribution is -2.52. The minimum atomic E-state index is -4.63. The molecule has 2 amide bonds. The maximum absolute atomic E-state index is 14.3. The lowest BCUT2D eigenvalue weighted by atomic mass is 10.1. The van der Waals surface area contributed by atoms with Crippen LogP contribution < -0.4 is 14.4 Å². The third-order valence-corrected chi connectivity index (χ3v) is 9.23. The van der Waals surface area contributed by atoms with Gasteiger partial charge in [-0.3, -0.25) is 24.0 Å². The van der Waals surface area contributed by atoms with Gasteiger partial charge in [0.2, 0.25) is 11.8 Å². The van der Waals surface area contributed by atoms with Crippen LogP contribution in [0, 0.1) is 23.0 Å². The van der Waals surface area contributed by atoms with Gasteiger partial charge in [-0.15, -0.1) is 0 Å². The van der Waals surface area contributed by atoms with Crippen molar-refractivity contribution in [1.29, 1.82) is 0 Å². The van der Waals surface area contributed by atoms with E-state index in [1.165, 1.54) is 49.3 Å². The van der Waals surface area contributed by atoms with E-state index in [4.69, 9.17) is 27.9 Å². The second kappa shape index (κ2) is 15.4. The molecular weight excluding hydrogens is 643 g/mol. The molecule has 3 aromatic carbocycles. The summed E-state index contributed by atoms with van der Waals surface area (Å²) < 4.78 is 34.7. The van der Waals surface area contributed by atoms with Gasteiger partial charge in [-0.1, -0.05) is 62.2 Å². The molecular formula is C31H36Cl2N4O7S. The number of halogens is 2. The molecule has 3 aromatic rings. The highest BCUT2D eigenvalue weighted by molar-refractivity contribution is 7.92.